The molecule has 1 fully saturated rings. The maximum Gasteiger partial charge on any atom is 0.264 e. The Morgan fingerprint density at radius 2 is 1.83 bits per heavy atom. The first kappa shape index (κ1) is 15.1. The SMILES string of the molecule is O=C(c1cc2c(F)cccc2s1)N1CCN(c2ccncc2)CC1. The molecule has 2 aromatic heterocycles. The van der Waals surface area contributed by atoms with Gasteiger partial charge in [-0.25, -0.2) is 4.39 Å². The lowest BCUT2D eigenvalue weighted by Gasteiger charge is -2.35. The Morgan fingerprint density at radius 1 is 1.08 bits per heavy atom. The van der Waals surface area contributed by atoms with Gasteiger partial charge in [-0.15, -0.1) is 11.3 Å². The highest BCUT2D eigenvalue weighted by Gasteiger charge is 2.24. The van der Waals surface area contributed by atoms with Gasteiger partial charge in [0.1, 0.15) is 5.82 Å². The highest BCUT2D eigenvalue weighted by molar-refractivity contribution is 7.20. The highest BCUT2D eigenvalue weighted by Crippen LogP contribution is 2.29. The van der Waals surface area contributed by atoms with Crippen molar-refractivity contribution in [1.29, 1.82) is 0 Å². The van der Waals surface area contributed by atoms with E-state index < -0.39 is 0 Å². The molecule has 0 atom stereocenters. The number of hydrogen-bond donors (Lipinski definition) is 0. The summed E-state index contributed by atoms with van der Waals surface area (Å²) in [4.78, 5) is 21.4. The predicted molar refractivity (Wildman–Crippen MR) is 94.1 cm³/mol. The van der Waals surface area contributed by atoms with Crippen LogP contribution in [0, 0.1) is 5.82 Å². The van der Waals surface area contributed by atoms with Crippen LogP contribution in [0.15, 0.2) is 48.8 Å². The van der Waals surface area contributed by atoms with Crippen LogP contribution in [-0.4, -0.2) is 42.0 Å². The average molecular weight is 341 g/mol. The van der Waals surface area contributed by atoms with Gasteiger partial charge in [-0.05, 0) is 30.3 Å². The second-order valence-electron chi connectivity index (χ2n) is 5.75. The molecule has 1 saturated heterocycles. The zero-order valence-electron chi connectivity index (χ0n) is 13.0. The van der Waals surface area contributed by atoms with E-state index in [2.05, 4.69) is 9.88 Å². The Labute approximate surface area is 143 Å². The summed E-state index contributed by atoms with van der Waals surface area (Å²) in [5, 5.41) is 0.529. The van der Waals surface area contributed by atoms with E-state index in [-0.39, 0.29) is 11.7 Å². The third kappa shape index (κ3) is 2.73. The fourth-order valence-corrected chi connectivity index (χ4v) is 4.05. The highest BCUT2D eigenvalue weighted by atomic mass is 32.1. The summed E-state index contributed by atoms with van der Waals surface area (Å²) in [6.07, 6.45) is 3.55. The molecular formula is C18H16FN3OS. The summed E-state index contributed by atoms with van der Waals surface area (Å²) in [6, 6.07) is 10.6. The molecule has 4 rings (SSSR count). The minimum atomic E-state index is -0.273. The molecule has 0 saturated carbocycles. The van der Waals surface area contributed by atoms with Crippen molar-refractivity contribution in [3.63, 3.8) is 0 Å². The molecule has 4 nitrogen and oxygen atoms in total. The van der Waals surface area contributed by atoms with Crippen molar-refractivity contribution in [2.75, 3.05) is 31.1 Å². The average Bonchev–Trinajstić information content (AvgIpc) is 3.08. The molecule has 3 heterocycles. The third-order valence-electron chi connectivity index (χ3n) is 4.31. The predicted octanol–water partition coefficient (Wildman–Crippen LogP) is 3.40. The second-order valence-corrected chi connectivity index (χ2v) is 6.83. The molecule has 0 N–H and O–H groups in total. The number of carbonyl (C=O) groups excluding carboxylic acids is 1. The van der Waals surface area contributed by atoms with Gasteiger partial charge in [0.05, 0.1) is 4.88 Å². The van der Waals surface area contributed by atoms with Crippen LogP contribution in [0.1, 0.15) is 9.67 Å². The van der Waals surface area contributed by atoms with E-state index in [1.54, 1.807) is 24.5 Å². The molecule has 1 aliphatic heterocycles. The normalized spacial score (nSPS) is 15.0. The van der Waals surface area contributed by atoms with Gasteiger partial charge in [0.25, 0.3) is 5.91 Å². The lowest BCUT2D eigenvalue weighted by molar-refractivity contribution is 0.0751. The van der Waals surface area contributed by atoms with Gasteiger partial charge in [-0.2, -0.15) is 0 Å². The van der Waals surface area contributed by atoms with Gasteiger partial charge >= 0.3 is 0 Å². The molecule has 0 unspecified atom stereocenters. The Bertz CT molecular complexity index is 872. The van der Waals surface area contributed by atoms with Crippen molar-refractivity contribution in [2.24, 2.45) is 0 Å². The zero-order chi connectivity index (χ0) is 16.5. The van der Waals surface area contributed by atoms with Gasteiger partial charge < -0.3 is 9.80 Å². The molecule has 3 aromatic rings. The lowest BCUT2D eigenvalue weighted by Crippen LogP contribution is -2.48. The monoisotopic (exact) mass is 341 g/mol. The number of halogens is 1. The molecule has 122 valence electrons. The Morgan fingerprint density at radius 3 is 2.54 bits per heavy atom. The zero-order valence-corrected chi connectivity index (χ0v) is 13.8. The van der Waals surface area contributed by atoms with Crippen LogP contribution < -0.4 is 4.90 Å². The Kier molecular flexibility index (Phi) is 3.90. The van der Waals surface area contributed by atoms with E-state index in [9.17, 15) is 9.18 Å². The van der Waals surface area contributed by atoms with Crippen molar-refractivity contribution < 1.29 is 9.18 Å². The van der Waals surface area contributed by atoms with Gasteiger partial charge in [0, 0.05) is 54.3 Å². The number of fused-ring (bicyclic) bond motifs is 1. The summed E-state index contributed by atoms with van der Waals surface area (Å²) in [6.45, 7) is 2.90. The van der Waals surface area contributed by atoms with Crippen LogP contribution >= 0.6 is 11.3 Å². The summed E-state index contributed by atoms with van der Waals surface area (Å²) >= 11 is 1.36. The molecule has 1 aromatic carbocycles. The largest absolute Gasteiger partial charge is 0.368 e. The van der Waals surface area contributed by atoms with Crippen LogP contribution in [0.3, 0.4) is 0 Å². The van der Waals surface area contributed by atoms with E-state index in [0.29, 0.717) is 23.4 Å². The van der Waals surface area contributed by atoms with Crippen LogP contribution in [0.4, 0.5) is 10.1 Å². The smallest absolute Gasteiger partial charge is 0.264 e. The van der Waals surface area contributed by atoms with Gasteiger partial charge in [-0.1, -0.05) is 6.07 Å². The van der Waals surface area contributed by atoms with Crippen molar-refractivity contribution in [2.45, 2.75) is 0 Å². The Hall–Kier alpha value is -2.47. The number of hydrogen-bond acceptors (Lipinski definition) is 4. The number of rotatable bonds is 2. The summed E-state index contributed by atoms with van der Waals surface area (Å²) in [7, 11) is 0. The lowest BCUT2D eigenvalue weighted by atomic mass is 10.2. The summed E-state index contributed by atoms with van der Waals surface area (Å²) in [5.74, 6) is -0.282. The molecule has 0 spiro atoms. The number of thiophene rings is 1. The number of amides is 1. The molecule has 0 radical (unpaired) electrons. The molecule has 1 aliphatic rings. The van der Waals surface area contributed by atoms with Crippen LogP contribution in [0.5, 0.6) is 0 Å². The molecule has 1 amide bonds. The summed E-state index contributed by atoms with van der Waals surface area (Å²) < 4.78 is 14.6. The molecular weight excluding hydrogens is 325 g/mol. The summed E-state index contributed by atoms with van der Waals surface area (Å²) in [5.41, 5.74) is 1.13. The van der Waals surface area contributed by atoms with Crippen LogP contribution in [0.2, 0.25) is 0 Å². The molecule has 0 aliphatic carbocycles. The fourth-order valence-electron chi connectivity index (χ4n) is 3.01. The fraction of sp³-hybridized carbons (Fsp3) is 0.222. The minimum Gasteiger partial charge on any atom is -0.368 e. The number of piperazine rings is 1. The minimum absolute atomic E-state index is 0.00928. The maximum atomic E-state index is 13.8. The standard InChI is InChI=1S/C18H16FN3OS/c19-15-2-1-3-16-14(15)12-17(24-16)18(23)22-10-8-21(9-11-22)13-4-6-20-7-5-13/h1-7,12H,8-11H2. The number of nitrogens with zero attached hydrogens (tertiary/aromatic N) is 3. The topological polar surface area (TPSA) is 36.4 Å². The number of aromatic nitrogens is 1. The number of anilines is 1. The van der Waals surface area contributed by atoms with Crippen molar-refractivity contribution in [1.82, 2.24) is 9.88 Å². The third-order valence-corrected chi connectivity index (χ3v) is 5.40. The van der Waals surface area contributed by atoms with E-state index in [1.165, 1.54) is 17.4 Å². The first-order chi connectivity index (χ1) is 11.7. The van der Waals surface area contributed by atoms with Crippen molar-refractivity contribution in [3.05, 3.63) is 59.5 Å². The second kappa shape index (κ2) is 6.20. The van der Waals surface area contributed by atoms with Gasteiger partial charge in [0.2, 0.25) is 0 Å². The van der Waals surface area contributed by atoms with E-state index in [1.807, 2.05) is 23.1 Å². The van der Waals surface area contributed by atoms with E-state index in [4.69, 9.17) is 0 Å². The quantitative estimate of drug-likeness (QED) is 0.717. The first-order valence-electron chi connectivity index (χ1n) is 7.85. The van der Waals surface area contributed by atoms with Crippen molar-refractivity contribution >= 4 is 33.0 Å². The van der Waals surface area contributed by atoms with Gasteiger partial charge in [0.15, 0.2) is 0 Å². The van der Waals surface area contributed by atoms with Gasteiger partial charge in [-0.3, -0.25) is 9.78 Å². The molecule has 24 heavy (non-hydrogen) atoms. The number of carbonyl (C=O) groups is 1. The number of benzene rings is 1. The van der Waals surface area contributed by atoms with Crippen LogP contribution in [0.25, 0.3) is 10.1 Å². The van der Waals surface area contributed by atoms with E-state index >= 15 is 0 Å². The molecule has 0 bridgehead atoms. The van der Waals surface area contributed by atoms with Crippen LogP contribution in [-0.2, 0) is 0 Å². The van der Waals surface area contributed by atoms with E-state index in [0.717, 1.165) is 23.5 Å². The van der Waals surface area contributed by atoms with Crippen molar-refractivity contribution in [3.8, 4) is 0 Å². The maximum absolute atomic E-state index is 13.8. The molecule has 6 heteroatoms. The Balaban J connectivity index is 1.48. The number of pyridine rings is 1. The first-order valence-corrected chi connectivity index (χ1v) is 8.66.